The number of ether oxygens (including phenoxy) is 3. The fourth-order valence-electron chi connectivity index (χ4n) is 3.81. The smallest absolute Gasteiger partial charge is 0.191 e. The van der Waals surface area contributed by atoms with Crippen molar-refractivity contribution in [2.24, 2.45) is 4.99 Å². The molecule has 1 atom stereocenters. The van der Waals surface area contributed by atoms with Crippen molar-refractivity contribution in [2.45, 2.75) is 39.6 Å². The van der Waals surface area contributed by atoms with Crippen LogP contribution in [-0.4, -0.2) is 57.4 Å². The second kappa shape index (κ2) is 14.3. The van der Waals surface area contributed by atoms with Gasteiger partial charge in [0.15, 0.2) is 17.5 Å². The zero-order chi connectivity index (χ0) is 22.8. The van der Waals surface area contributed by atoms with Crippen LogP contribution in [0.1, 0.15) is 30.5 Å². The first-order chi connectivity index (χ1) is 15.6. The van der Waals surface area contributed by atoms with Crippen molar-refractivity contribution in [2.75, 3.05) is 40.5 Å². The molecule has 0 aromatic heterocycles. The number of guanidine groups is 1. The standard InChI is InChI=1S/C25H36N4O3.HI/c1-5-26-25(28-16-21-9-10-23(30-3)24(14-21)31-4)27-15-20-7-6-8-22(13-20)18-29-11-12-32-19(2)17-29;/h6-10,13-14,19H,5,11-12,15-18H2,1-4H3,(H2,26,27,28);1H. The lowest BCUT2D eigenvalue weighted by molar-refractivity contribution is -0.0212. The molecule has 7 nitrogen and oxygen atoms in total. The van der Waals surface area contributed by atoms with Gasteiger partial charge in [0.05, 0.1) is 33.5 Å². The van der Waals surface area contributed by atoms with E-state index in [1.807, 2.05) is 18.2 Å². The third kappa shape index (κ3) is 8.68. The van der Waals surface area contributed by atoms with Crippen molar-refractivity contribution in [3.63, 3.8) is 0 Å². The van der Waals surface area contributed by atoms with Gasteiger partial charge < -0.3 is 24.8 Å². The summed E-state index contributed by atoms with van der Waals surface area (Å²) in [5.41, 5.74) is 3.61. The van der Waals surface area contributed by atoms with Crippen molar-refractivity contribution < 1.29 is 14.2 Å². The van der Waals surface area contributed by atoms with E-state index in [9.17, 15) is 0 Å². The van der Waals surface area contributed by atoms with Crippen molar-refractivity contribution in [3.8, 4) is 11.5 Å². The topological polar surface area (TPSA) is 67.4 Å². The first-order valence-corrected chi connectivity index (χ1v) is 11.3. The number of hydrogen-bond donors (Lipinski definition) is 2. The number of halogens is 1. The highest BCUT2D eigenvalue weighted by atomic mass is 127. The molecule has 1 saturated heterocycles. The first kappa shape index (κ1) is 27.2. The lowest BCUT2D eigenvalue weighted by Crippen LogP contribution is -2.40. The third-order valence-corrected chi connectivity index (χ3v) is 5.39. The zero-order valence-electron chi connectivity index (χ0n) is 20.1. The van der Waals surface area contributed by atoms with Crippen molar-refractivity contribution >= 4 is 29.9 Å². The Morgan fingerprint density at radius 1 is 1.06 bits per heavy atom. The molecule has 0 bridgehead atoms. The molecular formula is C25H37IN4O3. The van der Waals surface area contributed by atoms with Crippen LogP contribution in [0.25, 0.3) is 0 Å². The summed E-state index contributed by atoms with van der Waals surface area (Å²) in [5, 5.41) is 6.72. The Labute approximate surface area is 214 Å². The summed E-state index contributed by atoms with van der Waals surface area (Å²) in [6.07, 6.45) is 0.302. The molecule has 1 aliphatic rings. The molecule has 3 rings (SSSR count). The minimum Gasteiger partial charge on any atom is -0.493 e. The van der Waals surface area contributed by atoms with E-state index in [-0.39, 0.29) is 24.0 Å². The third-order valence-electron chi connectivity index (χ3n) is 5.39. The van der Waals surface area contributed by atoms with Crippen molar-refractivity contribution in [3.05, 3.63) is 59.2 Å². The molecule has 0 saturated carbocycles. The van der Waals surface area contributed by atoms with E-state index in [0.717, 1.165) is 55.8 Å². The van der Waals surface area contributed by atoms with Gasteiger partial charge in [-0.3, -0.25) is 4.90 Å². The number of methoxy groups -OCH3 is 2. The van der Waals surface area contributed by atoms with Crippen molar-refractivity contribution in [1.29, 1.82) is 0 Å². The Kier molecular flexibility index (Phi) is 11.8. The van der Waals surface area contributed by atoms with Crippen LogP contribution >= 0.6 is 24.0 Å². The fraction of sp³-hybridized carbons (Fsp3) is 0.480. The molecule has 2 N–H and O–H groups in total. The van der Waals surface area contributed by atoms with Crippen LogP contribution in [0.3, 0.4) is 0 Å². The van der Waals surface area contributed by atoms with Crippen LogP contribution < -0.4 is 20.1 Å². The number of nitrogens with zero attached hydrogens (tertiary/aromatic N) is 2. The molecule has 1 unspecified atom stereocenters. The average molecular weight is 569 g/mol. The van der Waals surface area contributed by atoms with Crippen molar-refractivity contribution in [1.82, 2.24) is 15.5 Å². The summed E-state index contributed by atoms with van der Waals surface area (Å²) < 4.78 is 16.4. The second-order valence-corrected chi connectivity index (χ2v) is 7.97. The van der Waals surface area contributed by atoms with Crippen LogP contribution in [-0.2, 0) is 24.4 Å². The van der Waals surface area contributed by atoms with E-state index < -0.39 is 0 Å². The zero-order valence-corrected chi connectivity index (χ0v) is 22.4. The number of rotatable bonds is 9. The number of hydrogen-bond acceptors (Lipinski definition) is 5. The Hall–Kier alpha value is -2.04. The van der Waals surface area contributed by atoms with E-state index in [1.54, 1.807) is 14.2 Å². The molecule has 33 heavy (non-hydrogen) atoms. The van der Waals surface area contributed by atoms with Gasteiger partial charge >= 0.3 is 0 Å². The predicted molar refractivity (Wildman–Crippen MR) is 144 cm³/mol. The first-order valence-electron chi connectivity index (χ1n) is 11.3. The van der Waals surface area contributed by atoms with Gasteiger partial charge in [0.1, 0.15) is 0 Å². The van der Waals surface area contributed by atoms with Gasteiger partial charge in [-0.1, -0.05) is 30.3 Å². The minimum absolute atomic E-state index is 0. The summed E-state index contributed by atoms with van der Waals surface area (Å²) in [6, 6.07) is 14.6. The summed E-state index contributed by atoms with van der Waals surface area (Å²) >= 11 is 0. The summed E-state index contributed by atoms with van der Waals surface area (Å²) in [5.74, 6) is 2.23. The molecule has 182 valence electrons. The second-order valence-electron chi connectivity index (χ2n) is 7.97. The fourth-order valence-corrected chi connectivity index (χ4v) is 3.81. The van der Waals surface area contributed by atoms with Crippen LogP contribution in [0.2, 0.25) is 0 Å². The Balaban J connectivity index is 0.00000385. The van der Waals surface area contributed by atoms with E-state index in [0.29, 0.717) is 19.2 Å². The number of aliphatic imine (C=N–C) groups is 1. The summed E-state index contributed by atoms with van der Waals surface area (Å²) in [6.45, 7) is 9.98. The van der Waals surface area contributed by atoms with Crippen LogP contribution in [0.4, 0.5) is 0 Å². The quantitative estimate of drug-likeness (QED) is 0.273. The van der Waals surface area contributed by atoms with Crippen LogP contribution in [0, 0.1) is 0 Å². The maximum atomic E-state index is 5.65. The molecule has 1 fully saturated rings. The molecule has 0 radical (unpaired) electrons. The highest BCUT2D eigenvalue weighted by Gasteiger charge is 2.16. The molecule has 2 aromatic rings. The van der Waals surface area contributed by atoms with E-state index in [4.69, 9.17) is 19.2 Å². The monoisotopic (exact) mass is 568 g/mol. The maximum Gasteiger partial charge on any atom is 0.191 e. The molecular weight excluding hydrogens is 531 g/mol. The average Bonchev–Trinajstić information content (AvgIpc) is 2.81. The Morgan fingerprint density at radius 2 is 1.85 bits per heavy atom. The van der Waals surface area contributed by atoms with Gasteiger partial charge in [0.25, 0.3) is 0 Å². The van der Waals surface area contributed by atoms with Gasteiger partial charge in [0, 0.05) is 32.7 Å². The highest BCUT2D eigenvalue weighted by Crippen LogP contribution is 2.27. The highest BCUT2D eigenvalue weighted by molar-refractivity contribution is 14.0. The lowest BCUT2D eigenvalue weighted by Gasteiger charge is -2.31. The largest absolute Gasteiger partial charge is 0.493 e. The maximum absolute atomic E-state index is 5.65. The molecule has 8 heteroatoms. The van der Waals surface area contributed by atoms with E-state index >= 15 is 0 Å². The van der Waals surface area contributed by atoms with Gasteiger partial charge in [-0.15, -0.1) is 24.0 Å². The predicted octanol–water partition coefficient (Wildman–Crippen LogP) is 3.80. The minimum atomic E-state index is 0. The molecule has 2 aromatic carbocycles. The number of morpholine rings is 1. The Bertz CT molecular complexity index is 894. The molecule has 0 amide bonds. The van der Waals surface area contributed by atoms with Gasteiger partial charge in [-0.25, -0.2) is 4.99 Å². The lowest BCUT2D eigenvalue weighted by atomic mass is 10.1. The SMILES string of the molecule is CCNC(=NCc1cccc(CN2CCOC(C)C2)c1)NCc1ccc(OC)c(OC)c1.I. The van der Waals surface area contributed by atoms with Gasteiger partial charge in [0.2, 0.25) is 0 Å². The molecule has 1 aliphatic heterocycles. The van der Waals surface area contributed by atoms with Gasteiger partial charge in [-0.05, 0) is 42.7 Å². The molecule has 0 spiro atoms. The van der Waals surface area contributed by atoms with E-state index in [2.05, 4.69) is 53.6 Å². The summed E-state index contributed by atoms with van der Waals surface area (Å²) in [4.78, 5) is 7.23. The van der Waals surface area contributed by atoms with Gasteiger partial charge in [-0.2, -0.15) is 0 Å². The number of benzene rings is 2. The van der Waals surface area contributed by atoms with Crippen LogP contribution in [0.5, 0.6) is 11.5 Å². The molecule has 1 heterocycles. The van der Waals surface area contributed by atoms with E-state index in [1.165, 1.54) is 11.1 Å². The Morgan fingerprint density at radius 3 is 2.58 bits per heavy atom. The normalized spacial score (nSPS) is 16.6. The molecule has 0 aliphatic carbocycles. The number of nitrogens with one attached hydrogen (secondary N) is 2. The van der Waals surface area contributed by atoms with Crippen LogP contribution in [0.15, 0.2) is 47.5 Å². The summed E-state index contributed by atoms with van der Waals surface area (Å²) in [7, 11) is 3.29.